The van der Waals surface area contributed by atoms with Crippen LogP contribution in [0.1, 0.15) is 47.6 Å². The topological polar surface area (TPSA) is 70.2 Å². The van der Waals surface area contributed by atoms with Crippen LogP contribution in [0.2, 0.25) is 0 Å². The molecule has 0 N–H and O–H groups in total. The number of rotatable bonds is 8. The van der Waals surface area contributed by atoms with Crippen molar-refractivity contribution in [2.24, 2.45) is 5.92 Å². The first kappa shape index (κ1) is 33.8. The van der Waals surface area contributed by atoms with E-state index in [0.29, 0.717) is 31.4 Å². The zero-order valence-electron chi connectivity index (χ0n) is 25.4. The van der Waals surface area contributed by atoms with E-state index in [4.69, 9.17) is 4.74 Å². The minimum Gasteiger partial charge on any atom is -0.444 e. The number of hydrogen-bond acceptors (Lipinski definition) is 4. The van der Waals surface area contributed by atoms with E-state index in [-0.39, 0.29) is 37.5 Å². The van der Waals surface area contributed by atoms with E-state index in [1.807, 2.05) is 60.7 Å². The van der Waals surface area contributed by atoms with Crippen LogP contribution in [0.3, 0.4) is 0 Å². The zero-order valence-corrected chi connectivity index (χ0v) is 25.4. The van der Waals surface area contributed by atoms with Gasteiger partial charge in [0.25, 0.3) is 0 Å². The Bertz CT molecular complexity index is 1550. The van der Waals surface area contributed by atoms with Crippen LogP contribution < -0.4 is 0 Å². The van der Waals surface area contributed by atoms with Gasteiger partial charge in [-0.05, 0) is 61.1 Å². The molecule has 3 amide bonds. The van der Waals surface area contributed by atoms with Crippen LogP contribution in [0.25, 0.3) is 0 Å². The van der Waals surface area contributed by atoms with E-state index < -0.39 is 59.9 Å². The quantitative estimate of drug-likeness (QED) is 0.247. The lowest BCUT2D eigenvalue weighted by atomic mass is 9.92. The van der Waals surface area contributed by atoms with E-state index in [2.05, 4.69) is 0 Å². The van der Waals surface area contributed by atoms with Gasteiger partial charge >= 0.3 is 18.4 Å². The molecular formula is C34H33F6N3O4. The van der Waals surface area contributed by atoms with Crippen LogP contribution in [-0.2, 0) is 46.3 Å². The Morgan fingerprint density at radius 1 is 0.787 bits per heavy atom. The molecule has 3 aromatic carbocycles. The maximum Gasteiger partial charge on any atom is 0.416 e. The fourth-order valence-corrected chi connectivity index (χ4v) is 6.14. The predicted octanol–water partition coefficient (Wildman–Crippen LogP) is 6.90. The minimum absolute atomic E-state index is 0.00123. The Kier molecular flexibility index (Phi) is 9.83. The second-order valence-corrected chi connectivity index (χ2v) is 11.8. The third kappa shape index (κ3) is 7.88. The van der Waals surface area contributed by atoms with Crippen LogP contribution in [0.5, 0.6) is 0 Å². The summed E-state index contributed by atoms with van der Waals surface area (Å²) < 4.78 is 85.8. The average Bonchev–Trinajstić information content (AvgIpc) is 3.03. The minimum atomic E-state index is -5.06. The molecule has 250 valence electrons. The highest BCUT2D eigenvalue weighted by molar-refractivity contribution is 5.91. The van der Waals surface area contributed by atoms with Crippen molar-refractivity contribution in [1.82, 2.24) is 14.7 Å². The number of fused-ring (bicyclic) bond motifs is 1. The SMILES string of the molecule is C[C@H]1C(=O)N(Cc2ccccc2)C[C@@H]2N(C(=O)OCc3cc(C(F)(F)F)cc(C(F)(F)F)c3)C[C@H](CCCc3ccccc3)C(=O)N21. The highest BCUT2D eigenvalue weighted by atomic mass is 19.4. The molecule has 2 aliphatic rings. The van der Waals surface area contributed by atoms with E-state index >= 15 is 0 Å². The summed E-state index contributed by atoms with van der Waals surface area (Å²) in [6, 6.07) is 18.8. The van der Waals surface area contributed by atoms with E-state index in [1.165, 1.54) is 14.7 Å². The molecular weight excluding hydrogens is 628 g/mol. The van der Waals surface area contributed by atoms with Gasteiger partial charge in [-0.1, -0.05) is 60.7 Å². The monoisotopic (exact) mass is 661 g/mol. The summed E-state index contributed by atoms with van der Waals surface area (Å²) in [5.41, 5.74) is -1.67. The molecule has 0 radical (unpaired) electrons. The zero-order chi connectivity index (χ0) is 33.9. The molecule has 2 fully saturated rings. The van der Waals surface area contributed by atoms with Crippen LogP contribution in [0.15, 0.2) is 78.9 Å². The molecule has 0 aliphatic carbocycles. The molecule has 0 spiro atoms. The van der Waals surface area contributed by atoms with Gasteiger partial charge < -0.3 is 14.5 Å². The average molecular weight is 662 g/mol. The number of ether oxygens (including phenoxy) is 1. The molecule has 13 heteroatoms. The first-order valence-electron chi connectivity index (χ1n) is 15.1. The number of amides is 3. The van der Waals surface area contributed by atoms with Crippen LogP contribution >= 0.6 is 0 Å². The van der Waals surface area contributed by atoms with E-state index in [1.54, 1.807) is 6.92 Å². The summed E-state index contributed by atoms with van der Waals surface area (Å²) in [4.78, 5) is 45.0. The van der Waals surface area contributed by atoms with Gasteiger partial charge in [0.05, 0.1) is 23.6 Å². The number of aryl methyl sites for hydroxylation is 1. The van der Waals surface area contributed by atoms with Crippen molar-refractivity contribution in [3.63, 3.8) is 0 Å². The lowest BCUT2D eigenvalue weighted by Crippen LogP contribution is -2.72. The first-order valence-corrected chi connectivity index (χ1v) is 15.1. The summed E-state index contributed by atoms with van der Waals surface area (Å²) in [6.45, 7) is 0.753. The third-order valence-corrected chi connectivity index (χ3v) is 8.49. The molecule has 0 bridgehead atoms. The van der Waals surface area contributed by atoms with Crippen molar-refractivity contribution in [3.05, 3.63) is 107 Å². The van der Waals surface area contributed by atoms with Crippen LogP contribution in [0, 0.1) is 5.92 Å². The Morgan fingerprint density at radius 2 is 1.36 bits per heavy atom. The van der Waals surface area contributed by atoms with Crippen molar-refractivity contribution in [2.45, 2.75) is 63.9 Å². The number of alkyl halides is 6. The highest BCUT2D eigenvalue weighted by Crippen LogP contribution is 2.37. The summed E-state index contributed by atoms with van der Waals surface area (Å²) in [6.07, 6.45) is -10.5. The molecule has 5 rings (SSSR count). The van der Waals surface area contributed by atoms with Crippen molar-refractivity contribution in [1.29, 1.82) is 0 Å². The molecule has 2 aliphatic heterocycles. The summed E-state index contributed by atoms with van der Waals surface area (Å²) in [5.74, 6) is -1.33. The lowest BCUT2D eigenvalue weighted by molar-refractivity contribution is -0.172. The lowest BCUT2D eigenvalue weighted by Gasteiger charge is -2.53. The normalized spacial score (nSPS) is 20.3. The fourth-order valence-electron chi connectivity index (χ4n) is 6.14. The Hall–Kier alpha value is -4.55. The predicted molar refractivity (Wildman–Crippen MR) is 158 cm³/mol. The molecule has 7 nitrogen and oxygen atoms in total. The number of carbonyl (C=O) groups is 3. The first-order chi connectivity index (χ1) is 22.2. The van der Waals surface area contributed by atoms with Crippen molar-refractivity contribution in [3.8, 4) is 0 Å². The van der Waals surface area contributed by atoms with Gasteiger partial charge in [0.15, 0.2) is 0 Å². The molecule has 47 heavy (non-hydrogen) atoms. The number of benzene rings is 3. The van der Waals surface area contributed by atoms with Crippen molar-refractivity contribution < 1.29 is 45.5 Å². The second-order valence-electron chi connectivity index (χ2n) is 11.8. The standard InChI is InChI=1S/C34H33F6N3O4/c1-22-30(44)41(18-24-11-6-3-7-12-24)20-29-42(19-26(31(45)43(22)29)14-8-13-23-9-4-2-5-10-23)32(46)47-21-25-15-27(33(35,36)37)17-28(16-25)34(38,39)40/h2-7,9-12,15-17,22,26,29H,8,13-14,18-21H2,1H3/t22-,26-,29+/m0/s1. The third-order valence-electron chi connectivity index (χ3n) is 8.49. The second kappa shape index (κ2) is 13.7. The Morgan fingerprint density at radius 3 is 1.94 bits per heavy atom. The number of piperazine rings is 1. The van der Waals surface area contributed by atoms with Gasteiger partial charge in [0.2, 0.25) is 11.8 Å². The summed E-state index contributed by atoms with van der Waals surface area (Å²) in [5, 5.41) is 0. The smallest absolute Gasteiger partial charge is 0.416 e. The van der Waals surface area contributed by atoms with Crippen LogP contribution in [0.4, 0.5) is 31.1 Å². The molecule has 0 aromatic heterocycles. The van der Waals surface area contributed by atoms with Crippen molar-refractivity contribution >= 4 is 17.9 Å². The van der Waals surface area contributed by atoms with Gasteiger partial charge in [0, 0.05) is 13.1 Å². The molecule has 3 aromatic rings. The Labute approximate surface area is 267 Å². The summed E-state index contributed by atoms with van der Waals surface area (Å²) in [7, 11) is 0. The Balaban J connectivity index is 1.39. The van der Waals surface area contributed by atoms with E-state index in [9.17, 15) is 40.7 Å². The van der Waals surface area contributed by atoms with Crippen LogP contribution in [-0.4, -0.2) is 57.9 Å². The molecule has 0 unspecified atom stereocenters. The fraction of sp³-hybridized carbons (Fsp3) is 0.382. The molecule has 3 atom stereocenters. The maximum atomic E-state index is 13.8. The number of hydrogen-bond donors (Lipinski definition) is 0. The maximum absolute atomic E-state index is 13.8. The van der Waals surface area contributed by atoms with Gasteiger partial charge in [0.1, 0.15) is 18.8 Å². The van der Waals surface area contributed by atoms with Gasteiger partial charge in [-0.3, -0.25) is 14.5 Å². The number of carbonyl (C=O) groups excluding carboxylic acids is 3. The molecule has 2 saturated heterocycles. The largest absolute Gasteiger partial charge is 0.444 e. The molecule has 0 saturated carbocycles. The molecule has 2 heterocycles. The van der Waals surface area contributed by atoms with Gasteiger partial charge in [-0.2, -0.15) is 26.3 Å². The van der Waals surface area contributed by atoms with Gasteiger partial charge in [-0.15, -0.1) is 0 Å². The highest BCUT2D eigenvalue weighted by Gasteiger charge is 2.50. The number of nitrogens with zero attached hydrogens (tertiary/aromatic N) is 3. The van der Waals surface area contributed by atoms with E-state index in [0.717, 1.165) is 11.1 Å². The number of halogens is 6. The summed E-state index contributed by atoms with van der Waals surface area (Å²) >= 11 is 0. The van der Waals surface area contributed by atoms with Gasteiger partial charge in [-0.25, -0.2) is 4.79 Å². The van der Waals surface area contributed by atoms with Crippen molar-refractivity contribution in [2.75, 3.05) is 13.1 Å².